The molecule has 2 aromatic rings. The van der Waals surface area contributed by atoms with E-state index in [0.717, 1.165) is 12.0 Å². The number of nitrogens with zero attached hydrogens (tertiary/aromatic N) is 1. The number of ether oxygens (including phenoxy) is 1. The summed E-state index contributed by atoms with van der Waals surface area (Å²) in [4.78, 5) is 0. The molecule has 6 heteroatoms. The van der Waals surface area contributed by atoms with Crippen LogP contribution in [0.1, 0.15) is 12.5 Å². The van der Waals surface area contributed by atoms with Crippen LogP contribution < -0.4 is 10.5 Å². The first-order valence-electron chi connectivity index (χ1n) is 5.47. The minimum absolute atomic E-state index is 0.0344. The SMILES string of the molecule is CCc1cc(OC)c(O)c(-c2cn[nH]c2N)c1Cl. The monoisotopic (exact) mass is 267 g/mol. The molecule has 5 nitrogen and oxygen atoms in total. The molecule has 2 rings (SSSR count). The first-order chi connectivity index (χ1) is 8.60. The van der Waals surface area contributed by atoms with Gasteiger partial charge in [-0.15, -0.1) is 0 Å². The quantitative estimate of drug-likeness (QED) is 0.798. The van der Waals surface area contributed by atoms with Gasteiger partial charge in [-0.3, -0.25) is 5.10 Å². The van der Waals surface area contributed by atoms with Gasteiger partial charge in [0, 0.05) is 5.56 Å². The number of nitrogen functional groups attached to an aromatic ring is 1. The zero-order valence-electron chi connectivity index (χ0n) is 10.1. The summed E-state index contributed by atoms with van der Waals surface area (Å²) in [5.41, 5.74) is 7.65. The Balaban J connectivity index is 2.76. The number of aromatic nitrogens is 2. The number of rotatable bonds is 3. The van der Waals surface area contributed by atoms with E-state index < -0.39 is 0 Å². The molecule has 96 valence electrons. The largest absolute Gasteiger partial charge is 0.504 e. The summed E-state index contributed by atoms with van der Waals surface area (Å²) in [6.07, 6.45) is 2.25. The normalized spacial score (nSPS) is 10.6. The van der Waals surface area contributed by atoms with Gasteiger partial charge in [0.2, 0.25) is 0 Å². The molecule has 0 radical (unpaired) electrons. The number of phenolic OH excluding ortho intramolecular Hbond substituents is 1. The highest BCUT2D eigenvalue weighted by molar-refractivity contribution is 6.34. The van der Waals surface area contributed by atoms with E-state index in [2.05, 4.69) is 10.2 Å². The second-order valence-electron chi connectivity index (χ2n) is 3.83. The number of nitrogens with two attached hydrogens (primary N) is 1. The van der Waals surface area contributed by atoms with Crippen molar-refractivity contribution in [1.82, 2.24) is 10.2 Å². The van der Waals surface area contributed by atoms with Crippen molar-refractivity contribution in [3.8, 4) is 22.6 Å². The second-order valence-corrected chi connectivity index (χ2v) is 4.20. The van der Waals surface area contributed by atoms with Crippen LogP contribution >= 0.6 is 11.6 Å². The fourth-order valence-corrected chi connectivity index (χ4v) is 2.21. The maximum absolute atomic E-state index is 10.2. The molecule has 1 aromatic carbocycles. The van der Waals surface area contributed by atoms with Crippen LogP contribution in [0.15, 0.2) is 12.3 Å². The van der Waals surface area contributed by atoms with Crippen LogP contribution in [-0.4, -0.2) is 22.4 Å². The van der Waals surface area contributed by atoms with Gasteiger partial charge in [0.25, 0.3) is 0 Å². The number of benzene rings is 1. The highest BCUT2D eigenvalue weighted by atomic mass is 35.5. The van der Waals surface area contributed by atoms with Gasteiger partial charge in [-0.05, 0) is 18.1 Å². The molecule has 0 fully saturated rings. The maximum Gasteiger partial charge on any atom is 0.167 e. The number of methoxy groups -OCH3 is 1. The number of phenols is 1. The van der Waals surface area contributed by atoms with Crippen LogP contribution in [0.3, 0.4) is 0 Å². The smallest absolute Gasteiger partial charge is 0.167 e. The van der Waals surface area contributed by atoms with E-state index in [4.69, 9.17) is 22.1 Å². The first-order valence-corrected chi connectivity index (χ1v) is 5.85. The van der Waals surface area contributed by atoms with Crippen molar-refractivity contribution in [2.75, 3.05) is 12.8 Å². The van der Waals surface area contributed by atoms with Gasteiger partial charge in [-0.2, -0.15) is 5.10 Å². The fraction of sp³-hybridized carbons (Fsp3) is 0.250. The van der Waals surface area contributed by atoms with Gasteiger partial charge in [0.15, 0.2) is 11.5 Å². The van der Waals surface area contributed by atoms with Gasteiger partial charge < -0.3 is 15.6 Å². The Morgan fingerprint density at radius 2 is 2.28 bits per heavy atom. The number of hydrogen-bond donors (Lipinski definition) is 3. The molecule has 0 atom stereocenters. The highest BCUT2D eigenvalue weighted by Gasteiger charge is 2.20. The average Bonchev–Trinajstić information content (AvgIpc) is 2.76. The Morgan fingerprint density at radius 3 is 2.78 bits per heavy atom. The molecule has 0 saturated heterocycles. The van der Waals surface area contributed by atoms with Crippen LogP contribution in [-0.2, 0) is 6.42 Å². The summed E-state index contributed by atoms with van der Waals surface area (Å²) >= 11 is 6.29. The maximum atomic E-state index is 10.2. The molecular weight excluding hydrogens is 254 g/mol. The number of H-pyrrole nitrogens is 1. The summed E-state index contributed by atoms with van der Waals surface area (Å²) in [7, 11) is 1.49. The van der Waals surface area contributed by atoms with E-state index in [0.29, 0.717) is 27.7 Å². The Hall–Kier alpha value is -1.88. The molecule has 0 spiro atoms. The number of halogens is 1. The fourth-order valence-electron chi connectivity index (χ4n) is 1.83. The number of hydrogen-bond acceptors (Lipinski definition) is 4. The van der Waals surface area contributed by atoms with Crippen molar-refractivity contribution in [3.05, 3.63) is 22.8 Å². The molecule has 0 saturated carbocycles. The van der Waals surface area contributed by atoms with Crippen molar-refractivity contribution < 1.29 is 9.84 Å². The molecule has 1 aromatic heterocycles. The van der Waals surface area contributed by atoms with E-state index in [1.807, 2.05) is 6.92 Å². The van der Waals surface area contributed by atoms with Crippen LogP contribution in [0.5, 0.6) is 11.5 Å². The minimum atomic E-state index is -0.0344. The molecule has 18 heavy (non-hydrogen) atoms. The lowest BCUT2D eigenvalue weighted by Crippen LogP contribution is -1.94. The predicted octanol–water partition coefficient (Wildman–Crippen LogP) is 2.59. The average molecular weight is 268 g/mol. The van der Waals surface area contributed by atoms with E-state index in [1.165, 1.54) is 13.3 Å². The van der Waals surface area contributed by atoms with Gasteiger partial charge in [0.1, 0.15) is 5.82 Å². The van der Waals surface area contributed by atoms with Gasteiger partial charge >= 0.3 is 0 Å². The number of nitrogens with one attached hydrogen (secondary N) is 1. The van der Waals surface area contributed by atoms with Gasteiger partial charge in [-0.1, -0.05) is 18.5 Å². The zero-order valence-corrected chi connectivity index (χ0v) is 10.9. The van der Waals surface area contributed by atoms with E-state index in [1.54, 1.807) is 6.07 Å². The summed E-state index contributed by atoms with van der Waals surface area (Å²) in [6, 6.07) is 1.72. The molecule has 0 aliphatic heterocycles. The van der Waals surface area contributed by atoms with Crippen molar-refractivity contribution in [1.29, 1.82) is 0 Å². The highest BCUT2D eigenvalue weighted by Crippen LogP contribution is 2.45. The van der Waals surface area contributed by atoms with Crippen LogP contribution in [0.25, 0.3) is 11.1 Å². The zero-order chi connectivity index (χ0) is 13.3. The molecule has 0 aliphatic carbocycles. The topological polar surface area (TPSA) is 84.2 Å². The second kappa shape index (κ2) is 4.78. The molecule has 0 aliphatic rings. The molecule has 0 amide bonds. The Morgan fingerprint density at radius 1 is 1.56 bits per heavy atom. The van der Waals surface area contributed by atoms with Crippen molar-refractivity contribution >= 4 is 17.4 Å². The third-order valence-corrected chi connectivity index (χ3v) is 3.25. The summed E-state index contributed by atoms with van der Waals surface area (Å²) in [5.74, 6) is 0.683. The standard InChI is InChI=1S/C12H14ClN3O2/c1-3-6-4-8(18-2)11(17)9(10(6)13)7-5-15-16-12(7)14/h4-5,17H,3H2,1-2H3,(H3,14,15,16). The number of aromatic amines is 1. The van der Waals surface area contributed by atoms with Crippen LogP contribution in [0.4, 0.5) is 5.82 Å². The van der Waals surface area contributed by atoms with E-state index in [-0.39, 0.29) is 5.75 Å². The lowest BCUT2D eigenvalue weighted by molar-refractivity contribution is 0.374. The third kappa shape index (κ3) is 1.86. The first kappa shape index (κ1) is 12.6. The van der Waals surface area contributed by atoms with E-state index >= 15 is 0 Å². The van der Waals surface area contributed by atoms with Crippen molar-refractivity contribution in [3.63, 3.8) is 0 Å². The van der Waals surface area contributed by atoms with Gasteiger partial charge in [-0.25, -0.2) is 0 Å². The van der Waals surface area contributed by atoms with E-state index in [9.17, 15) is 5.11 Å². The van der Waals surface area contributed by atoms with Crippen LogP contribution in [0, 0.1) is 0 Å². The Kier molecular flexibility index (Phi) is 3.34. The Labute approximate surface area is 110 Å². The Bertz CT molecular complexity index is 553. The lowest BCUT2D eigenvalue weighted by Gasteiger charge is -2.13. The summed E-state index contributed by atoms with van der Waals surface area (Å²) < 4.78 is 5.14. The molecule has 4 N–H and O–H groups in total. The number of anilines is 1. The molecule has 0 bridgehead atoms. The summed E-state index contributed by atoms with van der Waals surface area (Å²) in [6.45, 7) is 1.97. The lowest BCUT2D eigenvalue weighted by atomic mass is 10.0. The predicted molar refractivity (Wildman–Crippen MR) is 71.0 cm³/mol. The van der Waals surface area contributed by atoms with Crippen molar-refractivity contribution in [2.45, 2.75) is 13.3 Å². The molecule has 0 unspecified atom stereocenters. The van der Waals surface area contributed by atoms with Crippen LogP contribution in [0.2, 0.25) is 5.02 Å². The molecular formula is C12H14ClN3O2. The number of aryl methyl sites for hydroxylation is 1. The number of aromatic hydroxyl groups is 1. The molecule has 1 heterocycles. The third-order valence-electron chi connectivity index (χ3n) is 2.82. The minimum Gasteiger partial charge on any atom is -0.504 e. The summed E-state index contributed by atoms with van der Waals surface area (Å²) in [5, 5.41) is 17.1. The van der Waals surface area contributed by atoms with Gasteiger partial charge in [0.05, 0.1) is 23.9 Å². The van der Waals surface area contributed by atoms with Crippen molar-refractivity contribution in [2.24, 2.45) is 0 Å².